The van der Waals surface area contributed by atoms with Crippen LogP contribution in [-0.4, -0.2) is 54.2 Å². The SMILES string of the molecule is COCCOc1ccc(C(=O)N2CCc3nc(C4CCCN4)ncc3C2)cc1. The molecule has 0 saturated carbocycles. The molecule has 1 amide bonds. The van der Waals surface area contributed by atoms with Gasteiger partial charge in [-0.15, -0.1) is 0 Å². The van der Waals surface area contributed by atoms with Crippen LogP contribution in [0.5, 0.6) is 5.75 Å². The van der Waals surface area contributed by atoms with Crippen LogP contribution in [0.2, 0.25) is 0 Å². The average molecular weight is 382 g/mol. The van der Waals surface area contributed by atoms with Crippen molar-refractivity contribution in [1.82, 2.24) is 20.2 Å². The minimum absolute atomic E-state index is 0.0237. The number of fused-ring (bicyclic) bond motifs is 1. The highest BCUT2D eigenvalue weighted by Gasteiger charge is 2.25. The second-order valence-electron chi connectivity index (χ2n) is 7.19. The van der Waals surface area contributed by atoms with Gasteiger partial charge in [0.1, 0.15) is 18.2 Å². The van der Waals surface area contributed by atoms with Crippen LogP contribution in [0, 0.1) is 0 Å². The number of rotatable bonds is 6. The lowest BCUT2D eigenvalue weighted by molar-refractivity contribution is 0.0733. The number of carbonyl (C=O) groups is 1. The number of carbonyl (C=O) groups excluding carboxylic acids is 1. The van der Waals surface area contributed by atoms with Crippen molar-refractivity contribution in [3.63, 3.8) is 0 Å². The van der Waals surface area contributed by atoms with E-state index in [1.807, 2.05) is 35.4 Å². The molecule has 1 atom stereocenters. The Hall–Kier alpha value is -2.51. The summed E-state index contributed by atoms with van der Waals surface area (Å²) in [5.41, 5.74) is 2.78. The first-order valence-corrected chi connectivity index (χ1v) is 9.84. The molecule has 1 aromatic carbocycles. The number of hydrogen-bond acceptors (Lipinski definition) is 6. The predicted octanol–water partition coefficient (Wildman–Crippen LogP) is 2.12. The van der Waals surface area contributed by atoms with Crippen LogP contribution < -0.4 is 10.1 Å². The number of benzene rings is 1. The van der Waals surface area contributed by atoms with Gasteiger partial charge in [0, 0.05) is 43.9 Å². The van der Waals surface area contributed by atoms with E-state index in [0.29, 0.717) is 31.9 Å². The zero-order valence-corrected chi connectivity index (χ0v) is 16.2. The summed E-state index contributed by atoms with van der Waals surface area (Å²) in [5, 5.41) is 3.44. The van der Waals surface area contributed by atoms with Crippen molar-refractivity contribution in [3.8, 4) is 5.75 Å². The van der Waals surface area contributed by atoms with E-state index < -0.39 is 0 Å². The Bertz CT molecular complexity index is 819. The number of nitrogens with one attached hydrogen (secondary N) is 1. The van der Waals surface area contributed by atoms with E-state index >= 15 is 0 Å². The van der Waals surface area contributed by atoms with Crippen molar-refractivity contribution in [3.05, 3.63) is 53.1 Å². The third-order valence-corrected chi connectivity index (χ3v) is 5.27. The van der Waals surface area contributed by atoms with E-state index in [2.05, 4.69) is 10.3 Å². The molecule has 3 heterocycles. The van der Waals surface area contributed by atoms with Crippen LogP contribution in [0.4, 0.5) is 0 Å². The van der Waals surface area contributed by atoms with Gasteiger partial charge in [0.2, 0.25) is 0 Å². The second-order valence-corrected chi connectivity index (χ2v) is 7.19. The Kier molecular flexibility index (Phi) is 5.83. The van der Waals surface area contributed by atoms with Gasteiger partial charge in [0.25, 0.3) is 5.91 Å². The summed E-state index contributed by atoms with van der Waals surface area (Å²) in [6.07, 6.45) is 4.92. The van der Waals surface area contributed by atoms with Gasteiger partial charge in [-0.05, 0) is 43.7 Å². The molecule has 28 heavy (non-hydrogen) atoms. The lowest BCUT2D eigenvalue weighted by atomic mass is 10.1. The van der Waals surface area contributed by atoms with E-state index in [0.717, 1.165) is 42.2 Å². The van der Waals surface area contributed by atoms with Gasteiger partial charge in [-0.25, -0.2) is 9.97 Å². The number of amides is 1. The Morgan fingerprint density at radius 2 is 2.14 bits per heavy atom. The fraction of sp³-hybridized carbons (Fsp3) is 0.476. The molecule has 1 unspecified atom stereocenters. The zero-order valence-electron chi connectivity index (χ0n) is 16.2. The monoisotopic (exact) mass is 382 g/mol. The number of hydrogen-bond donors (Lipinski definition) is 1. The highest BCUT2D eigenvalue weighted by atomic mass is 16.5. The van der Waals surface area contributed by atoms with Crippen molar-refractivity contribution in [1.29, 1.82) is 0 Å². The highest BCUT2D eigenvalue weighted by molar-refractivity contribution is 5.94. The zero-order chi connectivity index (χ0) is 19.3. The predicted molar refractivity (Wildman–Crippen MR) is 104 cm³/mol. The van der Waals surface area contributed by atoms with Gasteiger partial charge in [-0.2, -0.15) is 0 Å². The van der Waals surface area contributed by atoms with Crippen LogP contribution in [-0.2, 0) is 17.7 Å². The maximum absolute atomic E-state index is 12.9. The molecule has 0 bridgehead atoms. The minimum Gasteiger partial charge on any atom is -0.491 e. The quantitative estimate of drug-likeness (QED) is 0.772. The maximum atomic E-state index is 12.9. The van der Waals surface area contributed by atoms with Gasteiger partial charge in [0.15, 0.2) is 0 Å². The molecule has 1 aromatic heterocycles. The molecule has 0 aliphatic carbocycles. The Labute approximate surface area is 165 Å². The summed E-state index contributed by atoms with van der Waals surface area (Å²) in [5.74, 6) is 1.65. The number of methoxy groups -OCH3 is 1. The van der Waals surface area contributed by atoms with Crippen LogP contribution in [0.1, 0.15) is 46.3 Å². The lowest BCUT2D eigenvalue weighted by Crippen LogP contribution is -2.36. The molecule has 7 heteroatoms. The molecule has 1 fully saturated rings. The van der Waals surface area contributed by atoms with Crippen molar-refractivity contribution >= 4 is 5.91 Å². The van der Waals surface area contributed by atoms with Crippen molar-refractivity contribution < 1.29 is 14.3 Å². The third-order valence-electron chi connectivity index (χ3n) is 5.27. The summed E-state index contributed by atoms with van der Waals surface area (Å²) >= 11 is 0. The van der Waals surface area contributed by atoms with E-state index in [9.17, 15) is 4.79 Å². The molecular formula is C21H26N4O3. The van der Waals surface area contributed by atoms with Gasteiger partial charge < -0.3 is 19.7 Å². The summed E-state index contributed by atoms with van der Waals surface area (Å²) in [7, 11) is 1.64. The molecule has 0 spiro atoms. The fourth-order valence-corrected chi connectivity index (χ4v) is 3.70. The van der Waals surface area contributed by atoms with Crippen molar-refractivity contribution in [2.24, 2.45) is 0 Å². The molecule has 4 rings (SSSR count). The summed E-state index contributed by atoms with van der Waals surface area (Å²) in [4.78, 5) is 24.1. The molecule has 0 radical (unpaired) electrons. The molecule has 1 N–H and O–H groups in total. The number of nitrogens with zero attached hydrogens (tertiary/aromatic N) is 3. The smallest absolute Gasteiger partial charge is 0.254 e. The van der Waals surface area contributed by atoms with E-state index in [1.165, 1.54) is 6.42 Å². The minimum atomic E-state index is 0.0237. The molecule has 7 nitrogen and oxygen atoms in total. The molecule has 1 saturated heterocycles. The Morgan fingerprint density at radius 3 is 2.89 bits per heavy atom. The van der Waals surface area contributed by atoms with Gasteiger partial charge in [0.05, 0.1) is 18.3 Å². The maximum Gasteiger partial charge on any atom is 0.254 e. The van der Waals surface area contributed by atoms with Gasteiger partial charge >= 0.3 is 0 Å². The highest BCUT2D eigenvalue weighted by Crippen LogP contribution is 2.24. The molecule has 148 valence electrons. The second kappa shape index (κ2) is 8.67. The van der Waals surface area contributed by atoms with Crippen LogP contribution in [0.25, 0.3) is 0 Å². The normalized spacial score (nSPS) is 18.8. The van der Waals surface area contributed by atoms with E-state index in [-0.39, 0.29) is 11.9 Å². The Morgan fingerprint density at radius 1 is 1.29 bits per heavy atom. The first-order valence-electron chi connectivity index (χ1n) is 9.84. The van der Waals surface area contributed by atoms with Crippen LogP contribution >= 0.6 is 0 Å². The fourth-order valence-electron chi connectivity index (χ4n) is 3.70. The summed E-state index contributed by atoms with van der Waals surface area (Å²) in [6, 6.07) is 7.54. The third kappa shape index (κ3) is 4.15. The first-order chi connectivity index (χ1) is 13.7. The Balaban J connectivity index is 1.40. The molecular weight excluding hydrogens is 356 g/mol. The molecule has 2 aromatic rings. The number of ether oxygens (including phenoxy) is 2. The summed E-state index contributed by atoms with van der Waals surface area (Å²) < 4.78 is 10.5. The van der Waals surface area contributed by atoms with Crippen molar-refractivity contribution in [2.45, 2.75) is 31.8 Å². The standard InChI is InChI=1S/C21H26N4O3/c1-27-11-12-28-17-6-4-15(5-7-17)21(26)25-10-8-18-16(14-25)13-23-20(24-18)19-3-2-9-22-19/h4-7,13,19,22H,2-3,8-12,14H2,1H3. The van der Waals surface area contributed by atoms with Gasteiger partial charge in [-0.3, -0.25) is 4.79 Å². The van der Waals surface area contributed by atoms with E-state index in [4.69, 9.17) is 14.5 Å². The largest absolute Gasteiger partial charge is 0.491 e. The number of aromatic nitrogens is 2. The van der Waals surface area contributed by atoms with Crippen LogP contribution in [0.15, 0.2) is 30.5 Å². The first kappa shape index (κ1) is 18.8. The average Bonchev–Trinajstić information content (AvgIpc) is 3.28. The molecule has 2 aliphatic heterocycles. The lowest BCUT2D eigenvalue weighted by Gasteiger charge is -2.28. The van der Waals surface area contributed by atoms with Crippen LogP contribution in [0.3, 0.4) is 0 Å². The topological polar surface area (TPSA) is 76.6 Å². The van der Waals surface area contributed by atoms with Gasteiger partial charge in [-0.1, -0.05) is 0 Å². The molecule has 2 aliphatic rings. The van der Waals surface area contributed by atoms with Crippen molar-refractivity contribution in [2.75, 3.05) is 33.4 Å². The summed E-state index contributed by atoms with van der Waals surface area (Å²) in [6.45, 7) is 3.29. The van der Waals surface area contributed by atoms with E-state index in [1.54, 1.807) is 7.11 Å².